The summed E-state index contributed by atoms with van der Waals surface area (Å²) in [5.74, 6) is 0.856. The Balaban J connectivity index is 2.54. The molecule has 3 nitrogen and oxygen atoms in total. The van der Waals surface area contributed by atoms with Crippen LogP contribution in [0.2, 0.25) is 0 Å². The molecule has 0 atom stereocenters. The number of rotatable bonds is 4. The van der Waals surface area contributed by atoms with Gasteiger partial charge < -0.3 is 10.6 Å². The number of nitrogens with zero attached hydrogens (tertiary/aromatic N) is 1. The highest BCUT2D eigenvalue weighted by Gasteiger charge is 2.00. The third-order valence-electron chi connectivity index (χ3n) is 2.52. The molecular formula is C13H20BrN3. The van der Waals surface area contributed by atoms with E-state index in [1.54, 1.807) is 7.05 Å². The first-order valence-corrected chi connectivity index (χ1v) is 6.66. The molecule has 0 saturated carbocycles. The van der Waals surface area contributed by atoms with Crippen molar-refractivity contribution in [1.29, 1.82) is 0 Å². The van der Waals surface area contributed by atoms with E-state index < -0.39 is 0 Å². The van der Waals surface area contributed by atoms with Crippen LogP contribution in [0.4, 0.5) is 0 Å². The fourth-order valence-electron chi connectivity index (χ4n) is 1.50. The number of nitrogens with one attached hydrogen (secondary N) is 2. The van der Waals surface area contributed by atoms with Gasteiger partial charge in [-0.1, -0.05) is 28.9 Å². The highest BCUT2D eigenvalue weighted by molar-refractivity contribution is 9.10. The van der Waals surface area contributed by atoms with Gasteiger partial charge in [-0.2, -0.15) is 0 Å². The Kier molecular flexibility index (Phi) is 6.05. The van der Waals surface area contributed by atoms with Gasteiger partial charge in [-0.3, -0.25) is 4.99 Å². The summed E-state index contributed by atoms with van der Waals surface area (Å²) in [6.45, 7) is 5.99. The second-order valence-electron chi connectivity index (χ2n) is 3.92. The lowest BCUT2D eigenvalue weighted by atomic mass is 10.1. The van der Waals surface area contributed by atoms with E-state index in [1.165, 1.54) is 11.1 Å². The molecule has 0 spiro atoms. The molecule has 0 aliphatic heterocycles. The maximum absolute atomic E-state index is 4.17. The molecule has 94 valence electrons. The molecule has 0 saturated heterocycles. The fraction of sp³-hybridized carbons (Fsp3) is 0.462. The number of aryl methyl sites for hydroxylation is 1. The summed E-state index contributed by atoms with van der Waals surface area (Å²) in [4.78, 5) is 4.17. The maximum atomic E-state index is 4.17. The van der Waals surface area contributed by atoms with Crippen LogP contribution in [0.3, 0.4) is 0 Å². The Morgan fingerprint density at radius 1 is 1.35 bits per heavy atom. The molecule has 0 amide bonds. The highest BCUT2D eigenvalue weighted by atomic mass is 79.9. The largest absolute Gasteiger partial charge is 0.356 e. The molecular weight excluding hydrogens is 278 g/mol. The molecule has 0 heterocycles. The van der Waals surface area contributed by atoms with Crippen molar-refractivity contribution in [3.05, 3.63) is 33.8 Å². The molecule has 0 aliphatic rings. The lowest BCUT2D eigenvalue weighted by molar-refractivity contribution is 0.780. The lowest BCUT2D eigenvalue weighted by Crippen LogP contribution is -2.37. The summed E-state index contributed by atoms with van der Waals surface area (Å²) < 4.78 is 1.12. The van der Waals surface area contributed by atoms with Gasteiger partial charge in [0.2, 0.25) is 0 Å². The van der Waals surface area contributed by atoms with Gasteiger partial charge in [0.15, 0.2) is 5.96 Å². The van der Waals surface area contributed by atoms with Gasteiger partial charge in [0.25, 0.3) is 0 Å². The van der Waals surface area contributed by atoms with E-state index >= 15 is 0 Å². The zero-order valence-corrected chi connectivity index (χ0v) is 12.3. The zero-order valence-electron chi connectivity index (χ0n) is 10.7. The predicted molar refractivity (Wildman–Crippen MR) is 77.4 cm³/mol. The Hall–Kier alpha value is -1.03. The van der Waals surface area contributed by atoms with E-state index in [0.717, 1.165) is 29.9 Å². The van der Waals surface area contributed by atoms with E-state index in [-0.39, 0.29) is 0 Å². The Labute approximate surface area is 112 Å². The second kappa shape index (κ2) is 7.33. The average Bonchev–Trinajstić information content (AvgIpc) is 2.31. The van der Waals surface area contributed by atoms with Crippen molar-refractivity contribution in [3.63, 3.8) is 0 Å². The van der Waals surface area contributed by atoms with Crippen molar-refractivity contribution in [1.82, 2.24) is 10.6 Å². The highest BCUT2D eigenvalue weighted by Crippen LogP contribution is 2.15. The van der Waals surface area contributed by atoms with Gasteiger partial charge in [-0.05, 0) is 36.6 Å². The van der Waals surface area contributed by atoms with E-state index in [2.05, 4.69) is 63.6 Å². The average molecular weight is 298 g/mol. The van der Waals surface area contributed by atoms with Crippen molar-refractivity contribution in [2.24, 2.45) is 4.99 Å². The predicted octanol–water partition coefficient (Wildman–Crippen LogP) is 2.83. The molecule has 0 unspecified atom stereocenters. The van der Waals surface area contributed by atoms with Crippen LogP contribution in [-0.4, -0.2) is 19.6 Å². The molecule has 1 rings (SSSR count). The van der Waals surface area contributed by atoms with Gasteiger partial charge in [0.1, 0.15) is 0 Å². The molecule has 0 aliphatic carbocycles. The standard InChI is InChI=1S/C13H20BrN3/c1-4-7-16-13(15-3)17-9-11-5-6-12(14)8-10(11)2/h5-6,8H,4,7,9H2,1-3H3,(H2,15,16,17). The van der Waals surface area contributed by atoms with Crippen LogP contribution in [0, 0.1) is 6.92 Å². The lowest BCUT2D eigenvalue weighted by Gasteiger charge is -2.12. The van der Waals surface area contributed by atoms with Gasteiger partial charge in [0.05, 0.1) is 0 Å². The van der Waals surface area contributed by atoms with Crippen LogP contribution >= 0.6 is 15.9 Å². The second-order valence-corrected chi connectivity index (χ2v) is 4.84. The third kappa shape index (κ3) is 4.77. The molecule has 4 heteroatoms. The summed E-state index contributed by atoms with van der Waals surface area (Å²) in [5, 5.41) is 6.55. The van der Waals surface area contributed by atoms with Gasteiger partial charge in [-0.15, -0.1) is 0 Å². The SMILES string of the molecule is CCCNC(=NC)NCc1ccc(Br)cc1C. The van der Waals surface area contributed by atoms with E-state index in [4.69, 9.17) is 0 Å². The van der Waals surface area contributed by atoms with Crippen molar-refractivity contribution in [2.45, 2.75) is 26.8 Å². The van der Waals surface area contributed by atoms with Crippen molar-refractivity contribution in [2.75, 3.05) is 13.6 Å². The first-order chi connectivity index (χ1) is 8.17. The van der Waals surface area contributed by atoms with Crippen molar-refractivity contribution >= 4 is 21.9 Å². The van der Waals surface area contributed by atoms with Crippen molar-refractivity contribution < 1.29 is 0 Å². The summed E-state index contributed by atoms with van der Waals surface area (Å²) in [5.41, 5.74) is 2.56. The Morgan fingerprint density at radius 3 is 2.71 bits per heavy atom. The van der Waals surface area contributed by atoms with E-state index in [0.29, 0.717) is 0 Å². The van der Waals surface area contributed by atoms with Crippen molar-refractivity contribution in [3.8, 4) is 0 Å². The molecule has 1 aromatic carbocycles. The number of hydrogen-bond acceptors (Lipinski definition) is 1. The quantitative estimate of drug-likeness (QED) is 0.662. The monoisotopic (exact) mass is 297 g/mol. The van der Waals surface area contributed by atoms with Crippen LogP contribution in [0.5, 0.6) is 0 Å². The fourth-order valence-corrected chi connectivity index (χ4v) is 1.98. The molecule has 2 N–H and O–H groups in total. The van der Waals surface area contributed by atoms with E-state index in [1.807, 2.05) is 0 Å². The van der Waals surface area contributed by atoms with Gasteiger partial charge in [-0.25, -0.2) is 0 Å². The summed E-state index contributed by atoms with van der Waals surface area (Å²) >= 11 is 3.47. The molecule has 17 heavy (non-hydrogen) atoms. The number of hydrogen-bond donors (Lipinski definition) is 2. The van der Waals surface area contributed by atoms with Gasteiger partial charge >= 0.3 is 0 Å². The Morgan fingerprint density at radius 2 is 2.12 bits per heavy atom. The van der Waals surface area contributed by atoms with Crippen LogP contribution in [0.25, 0.3) is 0 Å². The third-order valence-corrected chi connectivity index (χ3v) is 3.01. The number of halogens is 1. The number of aliphatic imine (C=N–C) groups is 1. The van der Waals surface area contributed by atoms with Crippen LogP contribution in [0.15, 0.2) is 27.7 Å². The molecule has 0 aromatic heterocycles. The van der Waals surface area contributed by atoms with Crippen LogP contribution < -0.4 is 10.6 Å². The van der Waals surface area contributed by atoms with Crippen LogP contribution in [-0.2, 0) is 6.54 Å². The number of benzene rings is 1. The molecule has 0 fully saturated rings. The van der Waals surface area contributed by atoms with Crippen LogP contribution in [0.1, 0.15) is 24.5 Å². The minimum atomic E-state index is 0.794. The number of guanidine groups is 1. The first kappa shape index (κ1) is 14.0. The summed E-state index contributed by atoms with van der Waals surface area (Å²) in [6, 6.07) is 6.31. The minimum absolute atomic E-state index is 0.794. The topological polar surface area (TPSA) is 36.4 Å². The smallest absolute Gasteiger partial charge is 0.191 e. The normalized spacial score (nSPS) is 11.4. The zero-order chi connectivity index (χ0) is 12.7. The van der Waals surface area contributed by atoms with E-state index in [9.17, 15) is 0 Å². The Bertz CT molecular complexity index is 388. The molecule has 0 bridgehead atoms. The summed E-state index contributed by atoms with van der Waals surface area (Å²) in [7, 11) is 1.79. The van der Waals surface area contributed by atoms with Gasteiger partial charge in [0, 0.05) is 24.6 Å². The minimum Gasteiger partial charge on any atom is -0.356 e. The molecule has 1 aromatic rings. The summed E-state index contributed by atoms with van der Waals surface area (Å²) in [6.07, 6.45) is 1.10. The molecule has 0 radical (unpaired) electrons. The first-order valence-electron chi connectivity index (χ1n) is 5.87. The maximum Gasteiger partial charge on any atom is 0.191 e.